The van der Waals surface area contributed by atoms with Crippen LogP contribution in [0.25, 0.3) is 0 Å². The van der Waals surface area contributed by atoms with E-state index in [2.05, 4.69) is 21.1 Å². The normalized spacial score (nSPS) is 15.0. The van der Waals surface area contributed by atoms with Crippen LogP contribution >= 0.6 is 0 Å². The molecule has 0 saturated heterocycles. The lowest BCUT2D eigenvalue weighted by atomic mass is 9.95. The Morgan fingerprint density at radius 1 is 1.53 bits per heavy atom. The van der Waals surface area contributed by atoms with Gasteiger partial charge in [-0.3, -0.25) is 0 Å². The van der Waals surface area contributed by atoms with Gasteiger partial charge >= 0.3 is 5.97 Å². The molecule has 1 aromatic rings. The van der Waals surface area contributed by atoms with Crippen molar-refractivity contribution in [2.24, 2.45) is 0 Å². The summed E-state index contributed by atoms with van der Waals surface area (Å²) >= 11 is 0. The molecule has 1 aromatic heterocycles. The first-order valence-corrected chi connectivity index (χ1v) is 6.43. The number of carbonyl (C=O) groups excluding carboxylic acids is 1. The molecule has 1 heterocycles. The van der Waals surface area contributed by atoms with Gasteiger partial charge < -0.3 is 10.1 Å². The zero-order valence-corrected chi connectivity index (χ0v) is 11.2. The van der Waals surface area contributed by atoms with E-state index in [9.17, 15) is 10.1 Å². The predicted octanol–water partition coefficient (Wildman–Crippen LogP) is 1.81. The van der Waals surface area contributed by atoms with Gasteiger partial charge in [0.15, 0.2) is 0 Å². The summed E-state index contributed by atoms with van der Waals surface area (Å²) in [5, 5.41) is 12.1. The molecule has 1 N–H and O–H groups in total. The summed E-state index contributed by atoms with van der Waals surface area (Å²) in [4.78, 5) is 15.9. The van der Waals surface area contributed by atoms with E-state index in [-0.39, 0.29) is 5.97 Å². The van der Waals surface area contributed by atoms with Gasteiger partial charge in [0.25, 0.3) is 0 Å². The molecule has 0 aromatic carbocycles. The van der Waals surface area contributed by atoms with Crippen LogP contribution in [0.1, 0.15) is 36.6 Å². The Morgan fingerprint density at radius 3 is 2.95 bits per heavy atom. The van der Waals surface area contributed by atoms with Crippen molar-refractivity contribution >= 4 is 11.8 Å². The molecule has 0 saturated carbocycles. The predicted molar refractivity (Wildman–Crippen MR) is 70.7 cm³/mol. The van der Waals surface area contributed by atoms with E-state index >= 15 is 0 Å². The zero-order chi connectivity index (χ0) is 13.8. The summed E-state index contributed by atoms with van der Waals surface area (Å²) in [7, 11) is 1.34. The number of rotatable bonds is 3. The Labute approximate surface area is 112 Å². The third kappa shape index (κ3) is 2.84. The van der Waals surface area contributed by atoms with Crippen molar-refractivity contribution in [2.75, 3.05) is 12.4 Å². The van der Waals surface area contributed by atoms with Crippen LogP contribution in [0.3, 0.4) is 0 Å². The number of ether oxygens (including phenoxy) is 1. The molecule has 1 atom stereocenters. The van der Waals surface area contributed by atoms with Gasteiger partial charge in [0.1, 0.15) is 17.9 Å². The second-order valence-corrected chi connectivity index (χ2v) is 4.70. The number of fused-ring (bicyclic) bond motifs is 1. The molecule has 0 aliphatic heterocycles. The average molecular weight is 259 g/mol. The molecule has 1 aliphatic carbocycles. The quantitative estimate of drug-likeness (QED) is 0.838. The largest absolute Gasteiger partial charge is 0.467 e. The van der Waals surface area contributed by atoms with Crippen LogP contribution in [0.15, 0.2) is 6.07 Å². The monoisotopic (exact) mass is 259 g/mol. The van der Waals surface area contributed by atoms with Crippen molar-refractivity contribution < 1.29 is 9.53 Å². The molecule has 5 heteroatoms. The maximum Gasteiger partial charge on any atom is 0.328 e. The van der Waals surface area contributed by atoms with Crippen molar-refractivity contribution in [1.29, 1.82) is 5.26 Å². The standard InChI is InChI=1S/C14H17N3O2/c1-9(14(18)19-2)16-13-11(8-15)7-10-5-3-4-6-12(10)17-13/h7,9H,3-6H2,1-2H3,(H,16,17). The number of esters is 1. The lowest BCUT2D eigenvalue weighted by Gasteiger charge is -2.19. The van der Waals surface area contributed by atoms with Gasteiger partial charge in [-0.05, 0) is 44.2 Å². The first-order valence-electron chi connectivity index (χ1n) is 6.43. The lowest BCUT2D eigenvalue weighted by Crippen LogP contribution is -2.28. The van der Waals surface area contributed by atoms with Crippen molar-refractivity contribution in [3.8, 4) is 6.07 Å². The highest BCUT2D eigenvalue weighted by Gasteiger charge is 2.19. The zero-order valence-electron chi connectivity index (χ0n) is 11.2. The second kappa shape index (κ2) is 5.70. The Balaban J connectivity index is 2.29. The number of pyridine rings is 1. The Bertz CT molecular complexity index is 534. The first kappa shape index (κ1) is 13.3. The molecule has 5 nitrogen and oxygen atoms in total. The highest BCUT2D eigenvalue weighted by atomic mass is 16.5. The van der Waals surface area contributed by atoms with Gasteiger partial charge in [0, 0.05) is 5.69 Å². The number of hydrogen-bond donors (Lipinski definition) is 1. The highest BCUT2D eigenvalue weighted by molar-refractivity contribution is 5.78. The fourth-order valence-electron chi connectivity index (χ4n) is 2.27. The SMILES string of the molecule is COC(=O)C(C)Nc1nc2c(cc1C#N)CCCC2. The van der Waals surface area contributed by atoms with Gasteiger partial charge in [0.2, 0.25) is 0 Å². The molecule has 0 fully saturated rings. The first-order chi connectivity index (χ1) is 9.15. The number of nitriles is 1. The molecule has 2 rings (SSSR count). The smallest absolute Gasteiger partial charge is 0.328 e. The number of nitrogens with one attached hydrogen (secondary N) is 1. The van der Waals surface area contributed by atoms with E-state index in [1.807, 2.05) is 6.07 Å². The van der Waals surface area contributed by atoms with Crippen molar-refractivity contribution in [3.63, 3.8) is 0 Å². The van der Waals surface area contributed by atoms with Crippen LogP contribution < -0.4 is 5.32 Å². The van der Waals surface area contributed by atoms with E-state index in [0.717, 1.165) is 36.9 Å². The minimum atomic E-state index is -0.522. The van der Waals surface area contributed by atoms with Crippen LogP contribution in [0.4, 0.5) is 5.82 Å². The van der Waals surface area contributed by atoms with Gasteiger partial charge in [-0.15, -0.1) is 0 Å². The van der Waals surface area contributed by atoms with E-state index < -0.39 is 6.04 Å². The van der Waals surface area contributed by atoms with Gasteiger partial charge in [-0.2, -0.15) is 5.26 Å². The van der Waals surface area contributed by atoms with Gasteiger partial charge in [-0.1, -0.05) is 0 Å². The summed E-state index contributed by atoms with van der Waals surface area (Å²) in [5.74, 6) is 0.101. The Hall–Kier alpha value is -2.09. The van der Waals surface area contributed by atoms with E-state index in [1.54, 1.807) is 6.92 Å². The van der Waals surface area contributed by atoms with E-state index in [1.165, 1.54) is 7.11 Å². The van der Waals surface area contributed by atoms with E-state index in [0.29, 0.717) is 11.4 Å². The maximum atomic E-state index is 11.4. The number of aromatic nitrogens is 1. The van der Waals surface area contributed by atoms with Gasteiger partial charge in [0.05, 0.1) is 12.7 Å². The van der Waals surface area contributed by atoms with Crippen LogP contribution in [-0.2, 0) is 22.4 Å². The summed E-state index contributed by atoms with van der Waals surface area (Å²) in [6.45, 7) is 1.69. The number of methoxy groups -OCH3 is 1. The van der Waals surface area contributed by atoms with Crippen molar-refractivity contribution in [3.05, 3.63) is 22.9 Å². The number of nitrogens with zero attached hydrogens (tertiary/aromatic N) is 2. The minimum Gasteiger partial charge on any atom is -0.467 e. The number of anilines is 1. The molecule has 100 valence electrons. The average Bonchev–Trinajstić information content (AvgIpc) is 2.45. The molecular formula is C14H17N3O2. The van der Waals surface area contributed by atoms with Crippen LogP contribution in [-0.4, -0.2) is 24.1 Å². The molecule has 0 spiro atoms. The summed E-state index contributed by atoms with van der Waals surface area (Å²) < 4.78 is 4.66. The van der Waals surface area contributed by atoms with Crippen LogP contribution in [0, 0.1) is 11.3 Å². The molecule has 0 amide bonds. The molecule has 19 heavy (non-hydrogen) atoms. The maximum absolute atomic E-state index is 11.4. The van der Waals surface area contributed by atoms with Crippen molar-refractivity contribution in [1.82, 2.24) is 4.98 Å². The molecule has 1 unspecified atom stereocenters. The summed E-state index contributed by atoms with van der Waals surface area (Å²) in [6, 6.07) is 3.49. The third-order valence-electron chi connectivity index (χ3n) is 3.33. The Kier molecular flexibility index (Phi) is 4.00. The fourth-order valence-corrected chi connectivity index (χ4v) is 2.27. The highest BCUT2D eigenvalue weighted by Crippen LogP contribution is 2.24. The number of aryl methyl sites for hydroxylation is 2. The molecular weight excluding hydrogens is 242 g/mol. The summed E-state index contributed by atoms with van der Waals surface area (Å²) in [6.07, 6.45) is 4.18. The third-order valence-corrected chi connectivity index (χ3v) is 3.33. The lowest BCUT2D eigenvalue weighted by molar-refractivity contribution is -0.141. The number of hydrogen-bond acceptors (Lipinski definition) is 5. The fraction of sp³-hybridized carbons (Fsp3) is 0.500. The molecule has 1 aliphatic rings. The van der Waals surface area contributed by atoms with Crippen LogP contribution in [0.2, 0.25) is 0 Å². The van der Waals surface area contributed by atoms with Crippen molar-refractivity contribution in [2.45, 2.75) is 38.6 Å². The van der Waals surface area contributed by atoms with E-state index in [4.69, 9.17) is 0 Å². The minimum absolute atomic E-state index is 0.372. The Morgan fingerprint density at radius 2 is 2.26 bits per heavy atom. The molecule has 0 bridgehead atoms. The topological polar surface area (TPSA) is 75.0 Å². The van der Waals surface area contributed by atoms with Gasteiger partial charge in [-0.25, -0.2) is 9.78 Å². The molecule has 0 radical (unpaired) electrons. The summed E-state index contributed by atoms with van der Waals surface area (Å²) in [5.41, 5.74) is 2.67. The van der Waals surface area contributed by atoms with Crippen LogP contribution in [0.5, 0.6) is 0 Å². The number of carbonyl (C=O) groups is 1. The second-order valence-electron chi connectivity index (χ2n) is 4.70.